The molecule has 0 aromatic rings. The molecule has 1 unspecified atom stereocenters. The van der Waals surface area contributed by atoms with Crippen LogP contribution in [0.2, 0.25) is 0 Å². The molecule has 2 amide bonds. The summed E-state index contributed by atoms with van der Waals surface area (Å²) in [5, 5.41) is 6.48. The highest BCUT2D eigenvalue weighted by atomic mass is 16.6. The van der Waals surface area contributed by atoms with Crippen LogP contribution in [-0.4, -0.2) is 24.9 Å². The number of carbonyl (C=O) groups excluding carboxylic acids is 2. The van der Waals surface area contributed by atoms with Crippen LogP contribution in [0.15, 0.2) is 10.2 Å². The van der Waals surface area contributed by atoms with Crippen molar-refractivity contribution in [1.29, 1.82) is 0 Å². The smallest absolute Gasteiger partial charge is 0.447 e. The van der Waals surface area contributed by atoms with E-state index in [-0.39, 0.29) is 6.10 Å². The maximum Gasteiger partial charge on any atom is 0.452 e. The molecule has 0 aromatic heterocycles. The Balaban J connectivity index is 2.21. The van der Waals surface area contributed by atoms with Crippen molar-refractivity contribution in [2.75, 3.05) is 6.61 Å². The highest BCUT2D eigenvalue weighted by Crippen LogP contribution is 2.21. The topological polar surface area (TPSA) is 77.3 Å². The number of hydrogen-bond donors (Lipinski definition) is 0. The van der Waals surface area contributed by atoms with Gasteiger partial charge >= 0.3 is 12.2 Å². The first kappa shape index (κ1) is 17.6. The van der Waals surface area contributed by atoms with Crippen LogP contribution in [0, 0.1) is 5.92 Å². The number of nitrogens with zero attached hydrogens (tertiary/aromatic N) is 2. The summed E-state index contributed by atoms with van der Waals surface area (Å²) in [6.45, 7) is 4.52. The van der Waals surface area contributed by atoms with E-state index < -0.39 is 12.2 Å². The minimum Gasteiger partial charge on any atom is -0.447 e. The fraction of sp³-hybridized carbons (Fsp3) is 0.867. The molecule has 1 atom stereocenters. The summed E-state index contributed by atoms with van der Waals surface area (Å²) in [5.74, 6) is 0.342. The Morgan fingerprint density at radius 1 is 1.14 bits per heavy atom. The van der Waals surface area contributed by atoms with Gasteiger partial charge in [0, 0.05) is 0 Å². The molecule has 6 heteroatoms. The Hall–Kier alpha value is -1.46. The molecule has 0 bridgehead atoms. The van der Waals surface area contributed by atoms with Gasteiger partial charge in [-0.3, -0.25) is 0 Å². The SMILES string of the molecule is CCCCC(CC)COC(=O)N=NC(=O)OC1CCCC1. The molecule has 1 aliphatic carbocycles. The van der Waals surface area contributed by atoms with Crippen LogP contribution in [-0.2, 0) is 9.47 Å². The van der Waals surface area contributed by atoms with Crippen molar-refractivity contribution in [1.82, 2.24) is 0 Å². The number of azo groups is 1. The zero-order valence-corrected chi connectivity index (χ0v) is 13.0. The van der Waals surface area contributed by atoms with Crippen molar-refractivity contribution < 1.29 is 19.1 Å². The molecular formula is C15H26N2O4. The molecular weight excluding hydrogens is 272 g/mol. The van der Waals surface area contributed by atoms with Gasteiger partial charge in [0.25, 0.3) is 0 Å². The molecule has 0 N–H and O–H groups in total. The second kappa shape index (κ2) is 10.3. The highest BCUT2D eigenvalue weighted by Gasteiger charge is 2.19. The Labute approximate surface area is 126 Å². The third-order valence-corrected chi connectivity index (χ3v) is 3.77. The summed E-state index contributed by atoms with van der Waals surface area (Å²) in [4.78, 5) is 22.7. The van der Waals surface area contributed by atoms with Crippen LogP contribution in [0.4, 0.5) is 9.59 Å². The van der Waals surface area contributed by atoms with Crippen LogP contribution >= 0.6 is 0 Å². The lowest BCUT2D eigenvalue weighted by Crippen LogP contribution is -2.13. The fourth-order valence-electron chi connectivity index (χ4n) is 2.37. The van der Waals surface area contributed by atoms with Gasteiger partial charge in [0.15, 0.2) is 0 Å². The van der Waals surface area contributed by atoms with E-state index in [0.29, 0.717) is 12.5 Å². The standard InChI is InChI=1S/C15H26N2O4/c1-3-5-8-12(4-2)11-20-14(18)16-17-15(19)21-13-9-6-7-10-13/h12-13H,3-11H2,1-2H3. The zero-order valence-electron chi connectivity index (χ0n) is 13.0. The van der Waals surface area contributed by atoms with Gasteiger partial charge in [0.05, 0.1) is 6.61 Å². The van der Waals surface area contributed by atoms with Gasteiger partial charge in [-0.15, -0.1) is 0 Å². The molecule has 0 radical (unpaired) electrons. The van der Waals surface area contributed by atoms with Crippen LogP contribution in [0.25, 0.3) is 0 Å². The Kier molecular flexibility index (Phi) is 8.62. The first-order chi connectivity index (χ1) is 10.2. The van der Waals surface area contributed by atoms with E-state index in [2.05, 4.69) is 24.1 Å². The lowest BCUT2D eigenvalue weighted by atomic mass is 10.0. The van der Waals surface area contributed by atoms with Crippen LogP contribution in [0.3, 0.4) is 0 Å². The minimum atomic E-state index is -0.826. The van der Waals surface area contributed by atoms with E-state index >= 15 is 0 Å². The maximum absolute atomic E-state index is 11.4. The molecule has 1 fully saturated rings. The summed E-state index contributed by atoms with van der Waals surface area (Å²) < 4.78 is 10.1. The number of unbranched alkanes of at least 4 members (excludes halogenated alkanes) is 1. The largest absolute Gasteiger partial charge is 0.452 e. The van der Waals surface area contributed by atoms with Gasteiger partial charge in [-0.1, -0.05) is 43.3 Å². The average molecular weight is 298 g/mol. The molecule has 0 saturated heterocycles. The Bertz CT molecular complexity index is 352. The molecule has 1 rings (SSSR count). The lowest BCUT2D eigenvalue weighted by molar-refractivity contribution is 0.106. The number of carbonyl (C=O) groups is 2. The lowest BCUT2D eigenvalue weighted by Gasteiger charge is -2.12. The highest BCUT2D eigenvalue weighted by molar-refractivity contribution is 5.73. The second-order valence-electron chi connectivity index (χ2n) is 5.48. The molecule has 0 aliphatic heterocycles. The monoisotopic (exact) mass is 298 g/mol. The van der Waals surface area contributed by atoms with Gasteiger partial charge < -0.3 is 9.47 Å². The Morgan fingerprint density at radius 2 is 1.81 bits per heavy atom. The van der Waals surface area contributed by atoms with Gasteiger partial charge in [-0.2, -0.15) is 0 Å². The van der Waals surface area contributed by atoms with Crippen LogP contribution in [0.5, 0.6) is 0 Å². The fourth-order valence-corrected chi connectivity index (χ4v) is 2.37. The van der Waals surface area contributed by atoms with E-state index in [4.69, 9.17) is 9.47 Å². The predicted octanol–water partition coefficient (Wildman–Crippen LogP) is 4.87. The summed E-state index contributed by atoms with van der Waals surface area (Å²) in [5.41, 5.74) is 0. The van der Waals surface area contributed by atoms with Crippen molar-refractivity contribution in [2.45, 2.75) is 71.3 Å². The van der Waals surface area contributed by atoms with Crippen molar-refractivity contribution in [2.24, 2.45) is 16.1 Å². The van der Waals surface area contributed by atoms with Gasteiger partial charge in [-0.25, -0.2) is 9.59 Å². The quantitative estimate of drug-likeness (QED) is 0.628. The van der Waals surface area contributed by atoms with Crippen molar-refractivity contribution >= 4 is 12.2 Å². The minimum absolute atomic E-state index is 0.0778. The van der Waals surface area contributed by atoms with Gasteiger partial charge in [-0.05, 0) is 38.0 Å². The number of rotatable bonds is 7. The predicted molar refractivity (Wildman–Crippen MR) is 78.2 cm³/mol. The molecule has 0 spiro atoms. The average Bonchev–Trinajstić information content (AvgIpc) is 2.98. The molecule has 1 saturated carbocycles. The van der Waals surface area contributed by atoms with Crippen LogP contribution < -0.4 is 0 Å². The van der Waals surface area contributed by atoms with Gasteiger partial charge in [0.2, 0.25) is 0 Å². The van der Waals surface area contributed by atoms with E-state index in [1.807, 2.05) is 0 Å². The first-order valence-electron chi connectivity index (χ1n) is 7.94. The summed E-state index contributed by atoms with van der Waals surface area (Å²) in [6.07, 6.45) is 6.36. The number of ether oxygens (including phenoxy) is 2. The summed E-state index contributed by atoms with van der Waals surface area (Å²) >= 11 is 0. The molecule has 120 valence electrons. The molecule has 1 aliphatic rings. The van der Waals surface area contributed by atoms with Crippen molar-refractivity contribution in [3.8, 4) is 0 Å². The second-order valence-corrected chi connectivity index (χ2v) is 5.48. The van der Waals surface area contributed by atoms with Crippen molar-refractivity contribution in [3.63, 3.8) is 0 Å². The number of amides is 2. The third-order valence-electron chi connectivity index (χ3n) is 3.77. The molecule has 6 nitrogen and oxygen atoms in total. The van der Waals surface area contributed by atoms with Crippen molar-refractivity contribution in [3.05, 3.63) is 0 Å². The van der Waals surface area contributed by atoms with Crippen LogP contribution in [0.1, 0.15) is 65.2 Å². The molecule has 21 heavy (non-hydrogen) atoms. The normalized spacial score (nSPS) is 17.0. The number of hydrogen-bond acceptors (Lipinski definition) is 4. The first-order valence-corrected chi connectivity index (χ1v) is 7.94. The molecule has 0 heterocycles. The third kappa shape index (κ3) is 7.78. The summed E-state index contributed by atoms with van der Waals surface area (Å²) in [7, 11) is 0. The summed E-state index contributed by atoms with van der Waals surface area (Å²) in [6, 6.07) is 0. The Morgan fingerprint density at radius 3 is 2.43 bits per heavy atom. The van der Waals surface area contributed by atoms with E-state index in [1.165, 1.54) is 0 Å². The molecule has 0 aromatic carbocycles. The van der Waals surface area contributed by atoms with E-state index in [0.717, 1.165) is 51.4 Å². The van der Waals surface area contributed by atoms with E-state index in [9.17, 15) is 9.59 Å². The van der Waals surface area contributed by atoms with E-state index in [1.54, 1.807) is 0 Å². The zero-order chi connectivity index (χ0) is 15.5. The maximum atomic E-state index is 11.4. The van der Waals surface area contributed by atoms with Gasteiger partial charge in [0.1, 0.15) is 6.10 Å².